The first kappa shape index (κ1) is 30.8. The van der Waals surface area contributed by atoms with Crippen LogP contribution in [0.25, 0.3) is 5.57 Å². The molecule has 1 amide bonds. The molecule has 1 aromatic heterocycles. The molecule has 228 valence electrons. The second kappa shape index (κ2) is 11.4. The normalized spacial score (nSPS) is 19.2. The summed E-state index contributed by atoms with van der Waals surface area (Å²) in [7, 11) is 0. The number of rotatable bonds is 4. The van der Waals surface area contributed by atoms with Gasteiger partial charge in [0.2, 0.25) is 5.88 Å². The van der Waals surface area contributed by atoms with Gasteiger partial charge in [-0.15, -0.1) is 0 Å². The second-order valence-electron chi connectivity index (χ2n) is 11.3. The number of aromatic nitrogens is 1. The van der Waals surface area contributed by atoms with Gasteiger partial charge >= 0.3 is 17.1 Å². The number of carbonyl (C=O) groups is 1. The van der Waals surface area contributed by atoms with E-state index in [1.165, 1.54) is 23.2 Å². The Balaban J connectivity index is 1.58. The van der Waals surface area contributed by atoms with E-state index in [2.05, 4.69) is 10.2 Å². The van der Waals surface area contributed by atoms with Gasteiger partial charge in [0.05, 0.1) is 40.7 Å². The predicted molar refractivity (Wildman–Crippen MR) is 155 cm³/mol. The third-order valence-electron chi connectivity index (χ3n) is 7.10. The smallest absolute Gasteiger partial charge is 0.416 e. The molecule has 3 heterocycles. The lowest BCUT2D eigenvalue weighted by molar-refractivity contribution is -0.138. The van der Waals surface area contributed by atoms with Gasteiger partial charge < -0.3 is 19.8 Å². The minimum Gasteiger partial charge on any atom is -0.493 e. The Labute approximate surface area is 252 Å². The summed E-state index contributed by atoms with van der Waals surface area (Å²) in [5.74, 6) is -0.485. The van der Waals surface area contributed by atoms with Gasteiger partial charge in [-0.05, 0) is 67.8 Å². The first-order valence-electron chi connectivity index (χ1n) is 13.3. The molecule has 9 nitrogen and oxygen atoms in total. The number of aliphatic hydroxyl groups is 1. The highest BCUT2D eigenvalue weighted by molar-refractivity contribution is 7.10. The molecule has 1 saturated heterocycles. The zero-order valence-corrected chi connectivity index (χ0v) is 24.9. The molecule has 2 N–H and O–H groups in total. The number of hydrogen-bond acceptors (Lipinski definition) is 8. The fraction of sp³-hybridized carbons (Fsp3) is 0.379. The molecule has 2 unspecified atom stereocenters. The van der Waals surface area contributed by atoms with Crippen molar-refractivity contribution < 1.29 is 32.9 Å². The number of aromatic hydroxyl groups is 1. The lowest BCUT2D eigenvalue weighted by atomic mass is 9.96. The number of carbonyl (C=O) groups excluding carboxylic acids is 1. The van der Waals surface area contributed by atoms with Gasteiger partial charge in [-0.2, -0.15) is 23.4 Å². The molecule has 2 atom stereocenters. The molecule has 2 aliphatic heterocycles. The number of halogens is 4. The molecule has 5 rings (SSSR count). The van der Waals surface area contributed by atoms with Crippen LogP contribution in [0, 0.1) is 0 Å². The zero-order chi connectivity index (χ0) is 31.3. The Morgan fingerprint density at radius 1 is 1.19 bits per heavy atom. The van der Waals surface area contributed by atoms with Crippen molar-refractivity contribution in [2.75, 3.05) is 13.1 Å². The van der Waals surface area contributed by atoms with Crippen LogP contribution in [0.1, 0.15) is 54.8 Å². The monoisotopic (exact) mass is 636 g/mol. The minimum atomic E-state index is -4.71. The van der Waals surface area contributed by atoms with E-state index in [0.717, 1.165) is 10.6 Å². The summed E-state index contributed by atoms with van der Waals surface area (Å²) < 4.78 is 48.5. The minimum absolute atomic E-state index is 0.0571. The van der Waals surface area contributed by atoms with Gasteiger partial charge in [0, 0.05) is 23.6 Å². The predicted octanol–water partition coefficient (Wildman–Crippen LogP) is 4.24. The molecule has 2 aromatic carbocycles. The number of aliphatic hydroxyl groups excluding tert-OH is 1. The highest BCUT2D eigenvalue weighted by Gasteiger charge is 2.37. The van der Waals surface area contributed by atoms with Gasteiger partial charge in [-0.3, -0.25) is 9.36 Å². The topological polar surface area (TPSA) is 117 Å². The highest BCUT2D eigenvalue weighted by Crippen LogP contribution is 2.38. The van der Waals surface area contributed by atoms with Crippen LogP contribution < -0.4 is 15.4 Å². The van der Waals surface area contributed by atoms with Gasteiger partial charge in [-0.25, -0.2) is 4.79 Å². The maximum Gasteiger partial charge on any atom is 0.416 e. The average Bonchev–Trinajstić information content (AvgIpc) is 3.49. The van der Waals surface area contributed by atoms with Crippen LogP contribution in [0.5, 0.6) is 5.88 Å². The van der Waals surface area contributed by atoms with E-state index in [-0.39, 0.29) is 47.0 Å². The fourth-order valence-electron chi connectivity index (χ4n) is 5.14. The van der Waals surface area contributed by atoms with Crippen LogP contribution >= 0.6 is 22.9 Å². The fourth-order valence-corrected chi connectivity index (χ4v) is 6.31. The largest absolute Gasteiger partial charge is 0.493 e. The number of hydrogen-bond donors (Lipinski definition) is 2. The Kier molecular flexibility index (Phi) is 8.18. The molecule has 1 fully saturated rings. The van der Waals surface area contributed by atoms with E-state index >= 15 is 0 Å². The maximum absolute atomic E-state index is 14.0. The number of amides is 1. The lowest BCUT2D eigenvalue weighted by Gasteiger charge is -2.37. The molecule has 0 radical (unpaired) electrons. The second-order valence-corrected chi connectivity index (χ2v) is 12.7. The van der Waals surface area contributed by atoms with Crippen molar-refractivity contribution in [1.82, 2.24) is 9.47 Å². The van der Waals surface area contributed by atoms with Crippen molar-refractivity contribution in [2.45, 2.75) is 57.5 Å². The standard InChI is InChI=1S/C29H28ClF3N4O5S/c1-28(2,3)42-26(40)36-9-8-22(23(38)14-36)37-25(39)24(43-27(37)41)19(15-5-7-21-17(10-15)13-34-35-21)11-16-4-6-18(30)12-20(16)29(31,32)33/h4-7,10,12-13,22-23,38-39H,8-9,11,14H2,1-3H3. The molecule has 0 spiro atoms. The van der Waals surface area contributed by atoms with Crippen molar-refractivity contribution in [3.63, 3.8) is 0 Å². The summed E-state index contributed by atoms with van der Waals surface area (Å²) in [6.45, 7) is 5.17. The number of likely N-dealkylation sites (tertiary alicyclic amines) is 1. The third-order valence-corrected chi connectivity index (χ3v) is 8.34. The van der Waals surface area contributed by atoms with E-state index in [0.29, 0.717) is 27.5 Å². The summed E-state index contributed by atoms with van der Waals surface area (Å²) >= 11 is 6.56. The van der Waals surface area contributed by atoms with Crippen LogP contribution in [0.2, 0.25) is 5.02 Å². The summed E-state index contributed by atoms with van der Waals surface area (Å²) in [6.07, 6.45) is -5.21. The quantitative estimate of drug-likeness (QED) is 0.445. The summed E-state index contributed by atoms with van der Waals surface area (Å²) in [6, 6.07) is 7.53. The SMILES string of the molecule is CC(C)(C)OC(=O)N1CCC(n2c(O)c(C(Cc3ccc(Cl)cc3C(F)(F)F)=c3ccc4c(c3)C=NN=4)sc2=O)C(O)C1. The Bertz CT molecular complexity index is 1790. The summed E-state index contributed by atoms with van der Waals surface area (Å²) in [5.41, 5.74) is -0.904. The highest BCUT2D eigenvalue weighted by atomic mass is 35.5. The van der Waals surface area contributed by atoms with Gasteiger partial charge in [-0.1, -0.05) is 35.1 Å². The number of ether oxygens (including phenoxy) is 1. The Morgan fingerprint density at radius 2 is 1.93 bits per heavy atom. The molecule has 2 aliphatic rings. The first-order valence-corrected chi connectivity index (χ1v) is 14.5. The van der Waals surface area contributed by atoms with Crippen LogP contribution in [-0.4, -0.2) is 56.8 Å². The number of fused-ring (bicyclic) bond motifs is 1. The number of nitrogens with zero attached hydrogens (tertiary/aromatic N) is 4. The molecular weight excluding hydrogens is 609 g/mol. The molecule has 3 aromatic rings. The van der Waals surface area contributed by atoms with Crippen molar-refractivity contribution in [3.05, 3.63) is 83.2 Å². The van der Waals surface area contributed by atoms with Crippen molar-refractivity contribution in [1.29, 1.82) is 0 Å². The van der Waals surface area contributed by atoms with E-state index in [1.54, 1.807) is 39.0 Å². The Hall–Kier alpha value is -3.68. The van der Waals surface area contributed by atoms with Gasteiger partial charge in [0.1, 0.15) is 5.60 Å². The number of alkyl halides is 3. The maximum atomic E-state index is 14.0. The van der Waals surface area contributed by atoms with Gasteiger partial charge in [0.25, 0.3) is 0 Å². The molecule has 0 bridgehead atoms. The summed E-state index contributed by atoms with van der Waals surface area (Å²) in [5, 5.41) is 31.2. The molecule has 14 heteroatoms. The molecular formula is C29H28ClF3N4O5S. The lowest BCUT2D eigenvalue weighted by Crippen LogP contribution is -2.49. The van der Waals surface area contributed by atoms with Crippen LogP contribution in [0.3, 0.4) is 0 Å². The van der Waals surface area contributed by atoms with Crippen molar-refractivity contribution >= 4 is 40.8 Å². The van der Waals surface area contributed by atoms with E-state index in [9.17, 15) is 33.0 Å². The van der Waals surface area contributed by atoms with E-state index < -0.39 is 46.3 Å². The zero-order valence-electron chi connectivity index (χ0n) is 23.4. The molecule has 43 heavy (non-hydrogen) atoms. The first-order chi connectivity index (χ1) is 20.1. The molecule has 0 saturated carbocycles. The number of benzene rings is 2. The van der Waals surface area contributed by atoms with Crippen LogP contribution in [0.15, 0.2) is 51.4 Å². The summed E-state index contributed by atoms with van der Waals surface area (Å²) in [4.78, 5) is 26.6. The van der Waals surface area contributed by atoms with Crippen LogP contribution in [0.4, 0.5) is 18.0 Å². The molecule has 0 aliphatic carbocycles. The van der Waals surface area contributed by atoms with E-state index in [1.807, 2.05) is 0 Å². The number of thiazole rings is 1. The van der Waals surface area contributed by atoms with E-state index in [4.69, 9.17) is 16.3 Å². The van der Waals surface area contributed by atoms with Gasteiger partial charge in [0.15, 0.2) is 0 Å². The van der Waals surface area contributed by atoms with Crippen molar-refractivity contribution in [2.24, 2.45) is 10.2 Å². The number of piperidine rings is 1. The number of β-amino-alcohol motifs (C(OH)–C–C–N with tert-alkyl or cyclic N) is 1. The van der Waals surface area contributed by atoms with Crippen molar-refractivity contribution in [3.8, 4) is 5.88 Å². The third kappa shape index (κ3) is 6.48. The Morgan fingerprint density at radius 3 is 2.60 bits per heavy atom. The average molecular weight is 637 g/mol. The van der Waals surface area contributed by atoms with Crippen LogP contribution in [-0.2, 0) is 17.3 Å².